The molecule has 0 bridgehead atoms. The molecule has 0 radical (unpaired) electrons. The van der Waals surface area contributed by atoms with Gasteiger partial charge in [-0.15, -0.1) is 10.2 Å². The highest BCUT2D eigenvalue weighted by atomic mass is 16.5. The molecule has 1 aromatic carbocycles. The normalized spacial score (nSPS) is 11.0. The molecule has 0 unspecified atom stereocenters. The number of rotatable bonds is 7. The lowest BCUT2D eigenvalue weighted by molar-refractivity contribution is 0.233. The van der Waals surface area contributed by atoms with E-state index in [4.69, 9.17) is 19.0 Å². The molecule has 0 aliphatic heterocycles. The number of aliphatic hydroxyl groups is 1. The van der Waals surface area contributed by atoms with Crippen LogP contribution in [-0.2, 0) is 0 Å². The zero-order chi connectivity index (χ0) is 17.8. The predicted octanol–water partition coefficient (Wildman–Crippen LogP) is 2.94. The highest BCUT2D eigenvalue weighted by Crippen LogP contribution is 2.29. The summed E-state index contributed by atoms with van der Waals surface area (Å²) in [5.41, 5.74) is 1.59. The largest absolute Gasteiger partial charge is 0.494 e. The van der Waals surface area contributed by atoms with Crippen LogP contribution >= 0.6 is 0 Å². The maximum absolute atomic E-state index is 8.79. The third-order valence-electron chi connectivity index (χ3n) is 3.71. The van der Waals surface area contributed by atoms with E-state index in [1.54, 1.807) is 12.5 Å². The Bertz CT molecular complexity index is 980. The predicted molar refractivity (Wildman–Crippen MR) is 92.2 cm³/mol. The Morgan fingerprint density at radius 2 is 1.96 bits per heavy atom. The minimum Gasteiger partial charge on any atom is -0.494 e. The molecule has 0 aliphatic rings. The summed E-state index contributed by atoms with van der Waals surface area (Å²) in [4.78, 5) is 4.16. The minimum absolute atomic E-state index is 0.110. The maximum Gasteiger partial charge on any atom is 0.247 e. The molecular weight excluding hydrogens is 336 g/mol. The summed E-state index contributed by atoms with van der Waals surface area (Å²) < 4.78 is 18.6. The van der Waals surface area contributed by atoms with Crippen molar-refractivity contribution in [1.29, 1.82) is 0 Å². The second-order valence-corrected chi connectivity index (χ2v) is 5.51. The molecule has 0 fully saturated rings. The van der Waals surface area contributed by atoms with Crippen LogP contribution in [0.5, 0.6) is 17.4 Å². The van der Waals surface area contributed by atoms with Gasteiger partial charge in [0.05, 0.1) is 18.3 Å². The van der Waals surface area contributed by atoms with Crippen molar-refractivity contribution in [1.82, 2.24) is 19.6 Å². The Balaban J connectivity index is 1.59. The van der Waals surface area contributed by atoms with Gasteiger partial charge in [0.15, 0.2) is 0 Å². The van der Waals surface area contributed by atoms with Crippen molar-refractivity contribution < 1.29 is 19.0 Å². The van der Waals surface area contributed by atoms with Gasteiger partial charge in [0.1, 0.15) is 17.8 Å². The van der Waals surface area contributed by atoms with Crippen LogP contribution in [0.25, 0.3) is 17.0 Å². The van der Waals surface area contributed by atoms with Gasteiger partial charge < -0.3 is 19.0 Å². The number of hydrogen-bond acceptors (Lipinski definition) is 7. The van der Waals surface area contributed by atoms with Crippen molar-refractivity contribution in [3.05, 3.63) is 55.3 Å². The molecule has 0 amide bonds. The Kier molecular flexibility index (Phi) is 4.48. The number of pyridine rings is 1. The first-order valence-corrected chi connectivity index (χ1v) is 8.08. The third-order valence-corrected chi connectivity index (χ3v) is 3.71. The van der Waals surface area contributed by atoms with Gasteiger partial charge in [-0.3, -0.25) is 4.40 Å². The number of nitrogens with zero attached hydrogens (tertiary/aromatic N) is 4. The number of hydrogen-bond donors (Lipinski definition) is 1. The first kappa shape index (κ1) is 16.1. The zero-order valence-corrected chi connectivity index (χ0v) is 13.8. The van der Waals surface area contributed by atoms with Crippen LogP contribution in [0.4, 0.5) is 0 Å². The lowest BCUT2D eigenvalue weighted by atomic mass is 10.2. The smallest absolute Gasteiger partial charge is 0.247 e. The van der Waals surface area contributed by atoms with E-state index >= 15 is 0 Å². The third kappa shape index (κ3) is 3.35. The van der Waals surface area contributed by atoms with Gasteiger partial charge in [0, 0.05) is 24.7 Å². The van der Waals surface area contributed by atoms with Gasteiger partial charge in [-0.2, -0.15) is 0 Å². The number of ether oxygens (including phenoxy) is 2. The summed E-state index contributed by atoms with van der Waals surface area (Å²) >= 11 is 0. The standard InChI is InChI=1S/C18H16N4O4/c23-6-1-7-24-15-2-4-16(5-3-15)26-17-9-13(18-21-20-12-25-18)8-14-10-19-11-22(14)17/h2-5,8-12,23H,1,6-7H2. The average molecular weight is 352 g/mol. The van der Waals surface area contributed by atoms with Crippen LogP contribution in [0.2, 0.25) is 0 Å². The number of fused-ring (bicyclic) bond motifs is 1. The topological polar surface area (TPSA) is 94.9 Å². The van der Waals surface area contributed by atoms with E-state index in [9.17, 15) is 0 Å². The molecule has 1 N–H and O–H groups in total. The second-order valence-electron chi connectivity index (χ2n) is 5.51. The number of benzene rings is 1. The highest BCUT2D eigenvalue weighted by molar-refractivity contribution is 5.64. The fourth-order valence-electron chi connectivity index (χ4n) is 2.48. The van der Waals surface area contributed by atoms with Crippen LogP contribution in [0.3, 0.4) is 0 Å². The number of aliphatic hydroxyl groups excluding tert-OH is 1. The van der Waals surface area contributed by atoms with E-state index in [1.807, 2.05) is 40.8 Å². The van der Waals surface area contributed by atoms with E-state index < -0.39 is 0 Å². The summed E-state index contributed by atoms with van der Waals surface area (Å²) in [5, 5.41) is 16.4. The van der Waals surface area contributed by atoms with Crippen molar-refractivity contribution in [3.8, 4) is 28.8 Å². The SMILES string of the molecule is OCCCOc1ccc(Oc2cc(-c3nnco3)cc3cncn23)cc1. The molecule has 4 rings (SSSR count). The number of aromatic nitrogens is 4. The fourth-order valence-corrected chi connectivity index (χ4v) is 2.48. The molecule has 0 aliphatic carbocycles. The van der Waals surface area contributed by atoms with Crippen LogP contribution in [0, 0.1) is 0 Å². The summed E-state index contributed by atoms with van der Waals surface area (Å²) in [6, 6.07) is 11.0. The van der Waals surface area contributed by atoms with Crippen molar-refractivity contribution in [3.63, 3.8) is 0 Å². The Morgan fingerprint density at radius 1 is 1.12 bits per heavy atom. The summed E-state index contributed by atoms with van der Waals surface area (Å²) in [6.45, 7) is 0.580. The van der Waals surface area contributed by atoms with E-state index in [2.05, 4.69) is 15.2 Å². The van der Waals surface area contributed by atoms with Crippen LogP contribution in [0.15, 0.2) is 59.7 Å². The van der Waals surface area contributed by atoms with Gasteiger partial charge in [0.25, 0.3) is 0 Å². The van der Waals surface area contributed by atoms with Gasteiger partial charge in [-0.05, 0) is 30.3 Å². The Hall–Kier alpha value is -3.39. The molecule has 0 atom stereocenters. The zero-order valence-electron chi connectivity index (χ0n) is 13.8. The van der Waals surface area contributed by atoms with E-state index in [0.29, 0.717) is 30.5 Å². The van der Waals surface area contributed by atoms with Gasteiger partial charge in [-0.1, -0.05) is 0 Å². The van der Waals surface area contributed by atoms with Crippen molar-refractivity contribution >= 4 is 5.52 Å². The average Bonchev–Trinajstić information content (AvgIpc) is 3.35. The summed E-state index contributed by atoms with van der Waals surface area (Å²) in [7, 11) is 0. The highest BCUT2D eigenvalue weighted by Gasteiger charge is 2.11. The molecule has 0 saturated heterocycles. The van der Waals surface area contributed by atoms with Gasteiger partial charge >= 0.3 is 0 Å². The lowest BCUT2D eigenvalue weighted by Gasteiger charge is -2.10. The summed E-state index contributed by atoms with van der Waals surface area (Å²) in [5.74, 6) is 2.35. The molecule has 0 spiro atoms. The van der Waals surface area contributed by atoms with Gasteiger partial charge in [-0.25, -0.2) is 4.98 Å². The molecule has 8 nitrogen and oxygen atoms in total. The maximum atomic E-state index is 8.79. The molecule has 0 saturated carbocycles. The van der Waals surface area contributed by atoms with E-state index in [0.717, 1.165) is 16.8 Å². The van der Waals surface area contributed by atoms with Crippen molar-refractivity contribution in [2.24, 2.45) is 0 Å². The molecule has 3 heterocycles. The van der Waals surface area contributed by atoms with Crippen LogP contribution in [0.1, 0.15) is 6.42 Å². The van der Waals surface area contributed by atoms with Crippen LogP contribution < -0.4 is 9.47 Å². The second kappa shape index (κ2) is 7.24. The minimum atomic E-state index is 0.110. The molecule has 132 valence electrons. The lowest BCUT2D eigenvalue weighted by Crippen LogP contribution is -1.99. The molecule has 26 heavy (non-hydrogen) atoms. The van der Waals surface area contributed by atoms with Crippen molar-refractivity contribution in [2.75, 3.05) is 13.2 Å². The Labute approximate surface area is 148 Å². The summed E-state index contributed by atoms with van der Waals surface area (Å²) in [6.07, 6.45) is 5.28. The quantitative estimate of drug-likeness (QED) is 0.511. The molecule has 3 aromatic heterocycles. The monoisotopic (exact) mass is 352 g/mol. The fraction of sp³-hybridized carbons (Fsp3) is 0.167. The molecule has 4 aromatic rings. The van der Waals surface area contributed by atoms with E-state index in [-0.39, 0.29) is 6.61 Å². The van der Waals surface area contributed by atoms with Crippen LogP contribution in [-0.4, -0.2) is 37.9 Å². The Morgan fingerprint density at radius 3 is 2.73 bits per heavy atom. The van der Waals surface area contributed by atoms with E-state index in [1.165, 1.54) is 6.39 Å². The van der Waals surface area contributed by atoms with Crippen molar-refractivity contribution in [2.45, 2.75) is 6.42 Å². The molecular formula is C18H16N4O4. The molecule has 8 heteroatoms. The first-order chi connectivity index (χ1) is 12.8. The first-order valence-electron chi connectivity index (χ1n) is 8.08. The van der Waals surface area contributed by atoms with Gasteiger partial charge in [0.2, 0.25) is 18.2 Å². The number of imidazole rings is 1.